The molecule has 0 heterocycles. The van der Waals surface area contributed by atoms with Crippen LogP contribution in [0.25, 0.3) is 0 Å². The molecule has 10 heavy (non-hydrogen) atoms. The third-order valence-corrected chi connectivity index (χ3v) is 1.31. The molecule has 0 aromatic heterocycles. The van der Waals surface area contributed by atoms with Gasteiger partial charge in [0.15, 0.2) is 0 Å². The Kier molecular flexibility index (Phi) is 4.99. The fourth-order valence-electron chi connectivity index (χ4n) is 0.811. The van der Waals surface area contributed by atoms with Gasteiger partial charge in [0.25, 0.3) is 0 Å². The molecule has 0 saturated carbocycles. The molecule has 2 heteroatoms. The van der Waals surface area contributed by atoms with E-state index in [0.717, 1.165) is 12.8 Å². The maximum atomic E-state index is 10.2. The third-order valence-electron chi connectivity index (χ3n) is 1.31. The highest BCUT2D eigenvalue weighted by molar-refractivity contribution is 5.73. The summed E-state index contributed by atoms with van der Waals surface area (Å²) in [4.78, 5) is 10.2. The number of rotatable bonds is 4. The van der Waals surface area contributed by atoms with Gasteiger partial charge in [0.2, 0.25) is 0 Å². The van der Waals surface area contributed by atoms with Crippen LogP contribution in [0.5, 0.6) is 0 Å². The van der Waals surface area contributed by atoms with Crippen molar-refractivity contribution in [1.82, 2.24) is 0 Å². The molecule has 0 rings (SSSR count). The standard InChI is InChI=1S/C8H15O2/c1-4-5-7(2)6-10-8(3)9/h7H,3-6H2,1-2H3. The highest BCUT2D eigenvalue weighted by Gasteiger charge is 2.01. The number of esters is 1. The normalized spacial score (nSPS) is 12.7. The van der Waals surface area contributed by atoms with E-state index in [1.807, 2.05) is 0 Å². The summed E-state index contributed by atoms with van der Waals surface area (Å²) in [5, 5.41) is 0. The van der Waals surface area contributed by atoms with Crippen molar-refractivity contribution in [2.75, 3.05) is 6.61 Å². The average Bonchev–Trinajstić information content (AvgIpc) is 1.85. The highest BCUT2D eigenvalue weighted by Crippen LogP contribution is 2.04. The van der Waals surface area contributed by atoms with E-state index in [4.69, 9.17) is 4.74 Å². The van der Waals surface area contributed by atoms with Crippen molar-refractivity contribution in [3.8, 4) is 0 Å². The van der Waals surface area contributed by atoms with E-state index in [0.29, 0.717) is 12.5 Å². The van der Waals surface area contributed by atoms with Gasteiger partial charge in [-0.15, -0.1) is 0 Å². The first-order chi connectivity index (χ1) is 4.66. The van der Waals surface area contributed by atoms with Gasteiger partial charge in [-0.2, -0.15) is 0 Å². The maximum Gasteiger partial charge on any atom is 0.306 e. The Labute approximate surface area is 62.6 Å². The summed E-state index contributed by atoms with van der Waals surface area (Å²) < 4.78 is 4.71. The monoisotopic (exact) mass is 143 g/mol. The molecule has 0 aliphatic rings. The van der Waals surface area contributed by atoms with Crippen molar-refractivity contribution in [3.63, 3.8) is 0 Å². The largest absolute Gasteiger partial charge is 0.465 e. The number of ether oxygens (including phenoxy) is 1. The van der Waals surface area contributed by atoms with Crippen molar-refractivity contribution in [2.24, 2.45) is 5.92 Å². The minimum absolute atomic E-state index is 0.428. The number of carbonyl (C=O) groups excluding carboxylic acids is 1. The number of hydrogen-bond donors (Lipinski definition) is 0. The number of hydrogen-bond acceptors (Lipinski definition) is 2. The van der Waals surface area contributed by atoms with Crippen LogP contribution in [0.2, 0.25) is 0 Å². The Morgan fingerprint density at radius 3 is 2.70 bits per heavy atom. The molecule has 0 aliphatic carbocycles. The summed E-state index contributed by atoms with van der Waals surface area (Å²) in [6.45, 7) is 7.80. The highest BCUT2D eigenvalue weighted by atomic mass is 16.5. The van der Waals surface area contributed by atoms with Gasteiger partial charge < -0.3 is 4.74 Å². The lowest BCUT2D eigenvalue weighted by molar-refractivity contribution is -0.139. The fraction of sp³-hybridized carbons (Fsp3) is 0.750. The lowest BCUT2D eigenvalue weighted by Crippen LogP contribution is -2.08. The predicted octanol–water partition coefficient (Wildman–Crippen LogP) is 1.80. The van der Waals surface area contributed by atoms with Crippen LogP contribution in [0.4, 0.5) is 0 Å². The zero-order valence-electron chi connectivity index (χ0n) is 6.72. The van der Waals surface area contributed by atoms with Gasteiger partial charge in [0.1, 0.15) is 0 Å². The van der Waals surface area contributed by atoms with Gasteiger partial charge >= 0.3 is 5.97 Å². The Balaban J connectivity index is 3.21. The molecule has 2 nitrogen and oxygen atoms in total. The minimum atomic E-state index is -0.428. The van der Waals surface area contributed by atoms with Crippen LogP contribution < -0.4 is 0 Å². The zero-order valence-corrected chi connectivity index (χ0v) is 6.72. The molecule has 0 fully saturated rings. The summed E-state index contributed by atoms with van der Waals surface area (Å²) >= 11 is 0. The number of carbonyl (C=O) groups is 1. The molecule has 0 saturated heterocycles. The molecule has 0 amide bonds. The molecule has 0 N–H and O–H groups in total. The first-order valence-corrected chi connectivity index (χ1v) is 3.65. The fourth-order valence-corrected chi connectivity index (χ4v) is 0.811. The van der Waals surface area contributed by atoms with E-state index in [2.05, 4.69) is 20.8 Å². The topological polar surface area (TPSA) is 26.3 Å². The van der Waals surface area contributed by atoms with Crippen molar-refractivity contribution < 1.29 is 9.53 Å². The molecular weight excluding hydrogens is 128 g/mol. The van der Waals surface area contributed by atoms with E-state index >= 15 is 0 Å². The summed E-state index contributed by atoms with van der Waals surface area (Å²) in [7, 11) is 0. The Morgan fingerprint density at radius 1 is 1.70 bits per heavy atom. The van der Waals surface area contributed by atoms with Crippen LogP contribution in [-0.4, -0.2) is 12.6 Å². The SMILES string of the molecule is [CH2]C(=O)OCC(C)CCC. The molecule has 0 aromatic carbocycles. The summed E-state index contributed by atoms with van der Waals surface area (Å²) in [6.07, 6.45) is 2.24. The first kappa shape index (κ1) is 9.47. The van der Waals surface area contributed by atoms with E-state index in [1.54, 1.807) is 0 Å². The molecule has 0 aromatic rings. The molecular formula is C8H15O2. The van der Waals surface area contributed by atoms with Gasteiger partial charge in [0.05, 0.1) is 13.5 Å². The van der Waals surface area contributed by atoms with Crippen LogP contribution in [-0.2, 0) is 9.53 Å². The first-order valence-electron chi connectivity index (χ1n) is 3.65. The van der Waals surface area contributed by atoms with Crippen molar-refractivity contribution in [1.29, 1.82) is 0 Å². The average molecular weight is 143 g/mol. The van der Waals surface area contributed by atoms with Crippen molar-refractivity contribution in [2.45, 2.75) is 26.7 Å². The second-order valence-corrected chi connectivity index (χ2v) is 2.58. The van der Waals surface area contributed by atoms with Gasteiger partial charge in [-0.1, -0.05) is 20.3 Å². The van der Waals surface area contributed by atoms with Gasteiger partial charge in [0, 0.05) is 0 Å². The van der Waals surface area contributed by atoms with E-state index < -0.39 is 5.97 Å². The Hall–Kier alpha value is -0.530. The van der Waals surface area contributed by atoms with Gasteiger partial charge in [-0.25, -0.2) is 0 Å². The minimum Gasteiger partial charge on any atom is -0.465 e. The van der Waals surface area contributed by atoms with Crippen LogP contribution in [0, 0.1) is 12.8 Å². The molecule has 0 aliphatic heterocycles. The van der Waals surface area contributed by atoms with Crippen LogP contribution in [0.1, 0.15) is 26.7 Å². The molecule has 1 radical (unpaired) electrons. The van der Waals surface area contributed by atoms with E-state index in [-0.39, 0.29) is 0 Å². The van der Waals surface area contributed by atoms with Gasteiger partial charge in [-0.3, -0.25) is 4.79 Å². The lowest BCUT2D eigenvalue weighted by Gasteiger charge is -2.08. The molecule has 1 unspecified atom stereocenters. The maximum absolute atomic E-state index is 10.2. The summed E-state index contributed by atoms with van der Waals surface area (Å²) in [6, 6.07) is 0. The van der Waals surface area contributed by atoms with Crippen LogP contribution >= 0.6 is 0 Å². The van der Waals surface area contributed by atoms with Crippen LogP contribution in [0.15, 0.2) is 0 Å². The smallest absolute Gasteiger partial charge is 0.306 e. The third kappa shape index (κ3) is 5.60. The zero-order chi connectivity index (χ0) is 7.98. The van der Waals surface area contributed by atoms with E-state index in [1.165, 1.54) is 0 Å². The Morgan fingerprint density at radius 2 is 2.30 bits per heavy atom. The van der Waals surface area contributed by atoms with E-state index in [9.17, 15) is 4.79 Å². The van der Waals surface area contributed by atoms with Crippen molar-refractivity contribution >= 4 is 5.97 Å². The van der Waals surface area contributed by atoms with Crippen molar-refractivity contribution in [3.05, 3.63) is 6.92 Å². The lowest BCUT2D eigenvalue weighted by atomic mass is 10.1. The summed E-state index contributed by atoms with van der Waals surface area (Å²) in [5.74, 6) is 0.0404. The Bertz CT molecular complexity index is 99.4. The molecule has 0 bridgehead atoms. The summed E-state index contributed by atoms with van der Waals surface area (Å²) in [5.41, 5.74) is 0. The molecule has 59 valence electrons. The molecule has 0 spiro atoms. The van der Waals surface area contributed by atoms with Crippen LogP contribution in [0.3, 0.4) is 0 Å². The predicted molar refractivity (Wildman–Crippen MR) is 40.4 cm³/mol. The van der Waals surface area contributed by atoms with Gasteiger partial charge in [-0.05, 0) is 12.3 Å². The molecule has 1 atom stereocenters. The second kappa shape index (κ2) is 5.27. The quantitative estimate of drug-likeness (QED) is 0.561. The second-order valence-electron chi connectivity index (χ2n) is 2.58.